The van der Waals surface area contributed by atoms with Crippen LogP contribution in [0, 0.1) is 0 Å². The summed E-state index contributed by atoms with van der Waals surface area (Å²) >= 11 is 0. The van der Waals surface area contributed by atoms with Crippen LogP contribution in [-0.2, 0) is 26.8 Å². The maximum Gasteiger partial charge on any atom is 0.173 e. The van der Waals surface area contributed by atoms with Crippen molar-refractivity contribution in [3.63, 3.8) is 0 Å². The summed E-state index contributed by atoms with van der Waals surface area (Å²) in [6.07, 6.45) is 2.26. The molecule has 0 aliphatic rings. The van der Waals surface area contributed by atoms with Crippen LogP contribution >= 0.6 is 0 Å². The van der Waals surface area contributed by atoms with E-state index in [1.54, 1.807) is 6.20 Å². The van der Waals surface area contributed by atoms with Crippen molar-refractivity contribution in [2.45, 2.75) is 26.2 Å². The summed E-state index contributed by atoms with van der Waals surface area (Å²) < 4.78 is 0. The molecule has 0 atom stereocenters. The first-order valence-electron chi connectivity index (χ1n) is 5.73. The average molecular weight is 413 g/mol. The van der Waals surface area contributed by atoms with E-state index in [0.29, 0.717) is 17.8 Å². The van der Waals surface area contributed by atoms with Crippen LogP contribution in [0.1, 0.15) is 36.7 Å². The van der Waals surface area contributed by atoms with Gasteiger partial charge in [-0.3, -0.25) is 4.79 Å². The van der Waals surface area contributed by atoms with Gasteiger partial charge in [0, 0.05) is 20.4 Å². The zero-order chi connectivity index (χ0) is 12.3. The minimum Gasteiger partial charge on any atom is -0.445 e. The number of rotatable bonds is 3. The van der Waals surface area contributed by atoms with Gasteiger partial charge < -0.3 is 9.97 Å². The molecule has 0 fully saturated rings. The molecular weight excluding hydrogens is 398 g/mol. The van der Waals surface area contributed by atoms with Gasteiger partial charge in [-0.15, -0.1) is 0 Å². The minimum absolute atomic E-state index is 0. The first-order valence-corrected chi connectivity index (χ1v) is 5.73. The third-order valence-corrected chi connectivity index (χ3v) is 2.66. The fourth-order valence-corrected chi connectivity index (χ4v) is 1.67. The summed E-state index contributed by atoms with van der Waals surface area (Å²) in [7, 11) is 0. The van der Waals surface area contributed by atoms with Crippen molar-refractivity contribution in [3.05, 3.63) is 63.8 Å². The molecule has 0 aliphatic heterocycles. The van der Waals surface area contributed by atoms with E-state index < -0.39 is 0 Å². The van der Waals surface area contributed by atoms with Crippen LogP contribution in [0.15, 0.2) is 41.3 Å². The van der Waals surface area contributed by atoms with Crippen LogP contribution in [0.4, 0.5) is 0 Å². The second-order valence-electron chi connectivity index (χ2n) is 4.36. The Bertz CT molecular complexity index is 549. The van der Waals surface area contributed by atoms with Crippen molar-refractivity contribution in [1.82, 2.24) is 9.97 Å². The van der Waals surface area contributed by atoms with Crippen molar-refractivity contribution < 1.29 is 20.4 Å². The third kappa shape index (κ3) is 3.63. The predicted molar refractivity (Wildman–Crippen MR) is 67.2 cm³/mol. The van der Waals surface area contributed by atoms with Gasteiger partial charge in [0.15, 0.2) is 5.56 Å². The Hall–Kier alpha value is -1.24. The number of nitrogens with zero attached hydrogens (tertiary/aromatic N) is 2. The molecule has 0 amide bonds. The molecule has 1 aromatic carbocycles. The number of aromatic nitrogens is 2. The fourth-order valence-electron chi connectivity index (χ4n) is 1.67. The van der Waals surface area contributed by atoms with E-state index in [1.807, 2.05) is 44.2 Å². The molecule has 4 heteroatoms. The zero-order valence-corrected chi connectivity index (χ0v) is 13.1. The van der Waals surface area contributed by atoms with Crippen molar-refractivity contribution >= 4 is 0 Å². The van der Waals surface area contributed by atoms with Crippen LogP contribution in [-0.4, -0.2) is 4.98 Å². The quantitative estimate of drug-likeness (QED) is 0.774. The van der Waals surface area contributed by atoms with Crippen LogP contribution in [0.3, 0.4) is 0 Å². The molecule has 0 saturated carbocycles. The third-order valence-electron chi connectivity index (χ3n) is 2.66. The smallest absolute Gasteiger partial charge is 0.173 e. The largest absolute Gasteiger partial charge is 0.445 e. The normalized spacial score (nSPS) is 10.2. The van der Waals surface area contributed by atoms with Crippen LogP contribution in [0.5, 0.6) is 0 Å². The summed E-state index contributed by atoms with van der Waals surface area (Å²) in [5, 5.41) is 0. The maximum atomic E-state index is 11.7. The Labute approximate surface area is 120 Å². The number of benzene rings is 1. The van der Waals surface area contributed by atoms with Gasteiger partial charge in [0.05, 0.1) is 0 Å². The van der Waals surface area contributed by atoms with E-state index in [2.05, 4.69) is 9.97 Å². The van der Waals surface area contributed by atoms with Gasteiger partial charge in [-0.25, -0.2) is 0 Å². The van der Waals surface area contributed by atoms with Crippen LogP contribution < -0.4 is 10.5 Å². The second-order valence-corrected chi connectivity index (χ2v) is 4.36. The van der Waals surface area contributed by atoms with Gasteiger partial charge in [-0.2, -0.15) is 0 Å². The molecule has 95 valence electrons. The van der Waals surface area contributed by atoms with Crippen molar-refractivity contribution in [1.29, 1.82) is 0 Å². The molecular formula is C14H15N2ORe-. The maximum absolute atomic E-state index is 11.7. The van der Waals surface area contributed by atoms with Gasteiger partial charge >= 0.3 is 0 Å². The van der Waals surface area contributed by atoms with Gasteiger partial charge in [-0.1, -0.05) is 56.2 Å². The first kappa shape index (κ1) is 14.8. The van der Waals surface area contributed by atoms with Gasteiger partial charge in [0.1, 0.15) is 0 Å². The average Bonchev–Trinajstić information content (AvgIpc) is 2.30. The molecule has 2 rings (SSSR count). The fraction of sp³-hybridized carbons (Fsp3) is 0.286. The molecule has 1 heterocycles. The number of hydrogen-bond donors (Lipinski definition) is 0. The van der Waals surface area contributed by atoms with Crippen molar-refractivity contribution in [3.8, 4) is 0 Å². The van der Waals surface area contributed by atoms with Crippen LogP contribution in [0.25, 0.3) is 0 Å². The van der Waals surface area contributed by atoms with Crippen LogP contribution in [0.2, 0.25) is 0 Å². The minimum atomic E-state index is -0.152. The molecule has 18 heavy (non-hydrogen) atoms. The molecule has 1 radical (unpaired) electrons. The predicted octanol–water partition coefficient (Wildman–Crippen LogP) is 2.11. The van der Waals surface area contributed by atoms with Crippen molar-refractivity contribution in [2.24, 2.45) is 0 Å². The summed E-state index contributed by atoms with van der Waals surface area (Å²) in [4.78, 5) is 20.0. The Kier molecular flexibility index (Phi) is 5.46. The summed E-state index contributed by atoms with van der Waals surface area (Å²) in [5.41, 5.74) is 1.65. The monoisotopic (exact) mass is 414 g/mol. The van der Waals surface area contributed by atoms with Gasteiger partial charge in [0.25, 0.3) is 0 Å². The van der Waals surface area contributed by atoms with E-state index in [-0.39, 0.29) is 31.9 Å². The molecule has 0 spiro atoms. The topological polar surface area (TPSA) is 44.1 Å². The molecule has 0 N–H and O–H groups in total. The molecule has 0 bridgehead atoms. The summed E-state index contributed by atoms with van der Waals surface area (Å²) in [6.45, 7) is 3.94. The molecule has 0 saturated heterocycles. The summed E-state index contributed by atoms with van der Waals surface area (Å²) in [6, 6.07) is 9.91. The van der Waals surface area contributed by atoms with Gasteiger partial charge in [0.2, 0.25) is 0 Å². The second kappa shape index (κ2) is 6.63. The Morgan fingerprint density at radius 2 is 1.89 bits per heavy atom. The van der Waals surface area contributed by atoms with Gasteiger partial charge in [-0.05, 0) is 23.5 Å². The van der Waals surface area contributed by atoms with E-state index in [1.165, 1.54) is 0 Å². The van der Waals surface area contributed by atoms with E-state index in [0.717, 1.165) is 5.56 Å². The molecule has 1 aromatic heterocycles. The molecule has 3 nitrogen and oxygen atoms in total. The molecule has 0 aliphatic carbocycles. The Morgan fingerprint density at radius 1 is 1.22 bits per heavy atom. The first-order chi connectivity index (χ1) is 8.16. The Morgan fingerprint density at radius 3 is 2.44 bits per heavy atom. The standard InChI is InChI=1S/C14H16N2O.Re/c1-10(2)12-9-15-13(16-14(12)17)8-11-6-4-3-5-7-11;/h3-7,9-10H,8H2,1-2H3,(H,15,16,17);/p-1. The zero-order valence-electron chi connectivity index (χ0n) is 10.4. The molecule has 2 aromatic rings. The Balaban J connectivity index is 0.00000162. The van der Waals surface area contributed by atoms with E-state index in [9.17, 15) is 4.79 Å². The molecule has 0 unspecified atom stereocenters. The van der Waals surface area contributed by atoms with E-state index >= 15 is 0 Å². The number of hydrogen-bond acceptors (Lipinski definition) is 2. The SMILES string of the molecule is CC(C)c1cnc(Cc2ccccc2)[n-]c1=O.[Re]. The van der Waals surface area contributed by atoms with E-state index in [4.69, 9.17) is 0 Å². The van der Waals surface area contributed by atoms with Crippen molar-refractivity contribution in [2.75, 3.05) is 0 Å². The summed E-state index contributed by atoms with van der Waals surface area (Å²) in [5.74, 6) is 0.763.